The van der Waals surface area contributed by atoms with Crippen LogP contribution in [0.4, 0.5) is 0 Å². The number of nitrogens with zero attached hydrogens (tertiary/aromatic N) is 3. The first-order valence-corrected chi connectivity index (χ1v) is 7.34. The molecule has 0 bridgehead atoms. The van der Waals surface area contributed by atoms with E-state index in [2.05, 4.69) is 10.2 Å². The van der Waals surface area contributed by atoms with Gasteiger partial charge < -0.3 is 4.74 Å². The molecule has 5 heteroatoms. The third-order valence-corrected chi connectivity index (χ3v) is 4.14. The van der Waals surface area contributed by atoms with Gasteiger partial charge in [0.05, 0.1) is 6.61 Å². The normalized spacial score (nSPS) is 16.3. The molecule has 0 aliphatic heterocycles. The van der Waals surface area contributed by atoms with Gasteiger partial charge >= 0.3 is 5.97 Å². The fraction of sp³-hybridized carbons (Fsp3) is 0.438. The lowest BCUT2D eigenvalue weighted by molar-refractivity contribution is -0.154. The SMILES string of the molecule is CCOC(=O)C1(c2nnc(C)n2-c2ccccc2)CCC1. The largest absolute Gasteiger partial charge is 0.465 e. The first-order valence-electron chi connectivity index (χ1n) is 7.34. The maximum atomic E-state index is 12.4. The smallest absolute Gasteiger partial charge is 0.319 e. The molecular formula is C16H19N3O2. The Labute approximate surface area is 124 Å². The van der Waals surface area contributed by atoms with Gasteiger partial charge in [-0.2, -0.15) is 0 Å². The van der Waals surface area contributed by atoms with Crippen LogP contribution in [0.15, 0.2) is 30.3 Å². The molecule has 3 rings (SSSR count). The summed E-state index contributed by atoms with van der Waals surface area (Å²) < 4.78 is 7.25. The van der Waals surface area contributed by atoms with Gasteiger partial charge in [0.25, 0.3) is 0 Å². The molecule has 0 radical (unpaired) electrons. The van der Waals surface area contributed by atoms with Gasteiger partial charge in [0, 0.05) is 5.69 Å². The maximum absolute atomic E-state index is 12.4. The van der Waals surface area contributed by atoms with E-state index in [0.717, 1.165) is 30.8 Å². The Morgan fingerprint density at radius 3 is 2.57 bits per heavy atom. The van der Waals surface area contributed by atoms with Crippen LogP contribution in [0.25, 0.3) is 5.69 Å². The summed E-state index contributed by atoms with van der Waals surface area (Å²) in [6.45, 7) is 4.12. The van der Waals surface area contributed by atoms with E-state index in [1.165, 1.54) is 0 Å². The van der Waals surface area contributed by atoms with Crippen molar-refractivity contribution in [2.24, 2.45) is 0 Å². The summed E-state index contributed by atoms with van der Waals surface area (Å²) >= 11 is 0. The molecule has 0 N–H and O–H groups in total. The van der Waals surface area contributed by atoms with Crippen molar-refractivity contribution in [2.75, 3.05) is 6.61 Å². The number of carbonyl (C=O) groups excluding carboxylic acids is 1. The minimum atomic E-state index is -0.632. The molecular weight excluding hydrogens is 266 g/mol. The molecule has 0 unspecified atom stereocenters. The van der Waals surface area contributed by atoms with E-state index in [4.69, 9.17) is 4.74 Å². The van der Waals surface area contributed by atoms with Gasteiger partial charge in [-0.3, -0.25) is 9.36 Å². The van der Waals surface area contributed by atoms with Crippen LogP contribution in [-0.2, 0) is 14.9 Å². The first kappa shape index (κ1) is 13.8. The molecule has 1 saturated carbocycles. The molecule has 2 aromatic rings. The van der Waals surface area contributed by atoms with Crippen molar-refractivity contribution in [3.8, 4) is 5.69 Å². The van der Waals surface area contributed by atoms with Crippen molar-refractivity contribution in [1.29, 1.82) is 0 Å². The zero-order valence-electron chi connectivity index (χ0n) is 12.4. The Bertz CT molecular complexity index is 645. The molecule has 1 heterocycles. The molecule has 1 aliphatic carbocycles. The summed E-state index contributed by atoms with van der Waals surface area (Å²) in [7, 11) is 0. The van der Waals surface area contributed by atoms with Gasteiger partial charge in [0.15, 0.2) is 5.82 Å². The standard InChI is InChI=1S/C16H19N3O2/c1-3-21-15(20)16(10-7-11-16)14-18-17-12(2)19(14)13-8-5-4-6-9-13/h4-6,8-9H,3,7,10-11H2,1-2H3. The van der Waals surface area contributed by atoms with Gasteiger partial charge in [-0.15, -0.1) is 10.2 Å². The molecule has 5 nitrogen and oxygen atoms in total. The summed E-state index contributed by atoms with van der Waals surface area (Å²) in [5, 5.41) is 8.49. The van der Waals surface area contributed by atoms with Crippen LogP contribution >= 0.6 is 0 Å². The van der Waals surface area contributed by atoms with Crippen molar-refractivity contribution in [3.05, 3.63) is 42.0 Å². The Balaban J connectivity index is 2.09. The van der Waals surface area contributed by atoms with Crippen LogP contribution < -0.4 is 0 Å². The molecule has 1 fully saturated rings. The summed E-state index contributed by atoms with van der Waals surface area (Å²) in [5.74, 6) is 1.31. The summed E-state index contributed by atoms with van der Waals surface area (Å²) in [6, 6.07) is 9.90. The van der Waals surface area contributed by atoms with Gasteiger partial charge in [-0.1, -0.05) is 24.6 Å². The highest BCUT2D eigenvalue weighted by atomic mass is 16.5. The van der Waals surface area contributed by atoms with Crippen molar-refractivity contribution in [1.82, 2.24) is 14.8 Å². The van der Waals surface area contributed by atoms with E-state index in [0.29, 0.717) is 12.4 Å². The molecule has 21 heavy (non-hydrogen) atoms. The quantitative estimate of drug-likeness (QED) is 0.810. The number of para-hydroxylation sites is 1. The average Bonchev–Trinajstić information content (AvgIpc) is 2.81. The predicted octanol–water partition coefficient (Wildman–Crippen LogP) is 2.56. The fourth-order valence-electron chi connectivity index (χ4n) is 2.88. The van der Waals surface area contributed by atoms with Crippen molar-refractivity contribution in [2.45, 2.75) is 38.5 Å². The summed E-state index contributed by atoms with van der Waals surface area (Å²) in [5.41, 5.74) is 0.346. The number of benzene rings is 1. The minimum Gasteiger partial charge on any atom is -0.465 e. The zero-order valence-corrected chi connectivity index (χ0v) is 12.4. The Morgan fingerprint density at radius 1 is 1.29 bits per heavy atom. The second-order valence-electron chi connectivity index (χ2n) is 5.40. The molecule has 1 aromatic heterocycles. The van der Waals surface area contributed by atoms with E-state index in [-0.39, 0.29) is 5.97 Å². The monoisotopic (exact) mass is 285 g/mol. The third-order valence-electron chi connectivity index (χ3n) is 4.14. The lowest BCUT2D eigenvalue weighted by atomic mass is 9.68. The zero-order chi connectivity index (χ0) is 14.9. The second kappa shape index (κ2) is 5.31. The first-order chi connectivity index (χ1) is 10.2. The molecule has 0 saturated heterocycles. The number of aromatic nitrogens is 3. The molecule has 110 valence electrons. The lowest BCUT2D eigenvalue weighted by Crippen LogP contribution is -2.45. The highest BCUT2D eigenvalue weighted by Crippen LogP contribution is 2.44. The molecule has 0 amide bonds. The van der Waals surface area contributed by atoms with Crippen molar-refractivity contribution < 1.29 is 9.53 Å². The lowest BCUT2D eigenvalue weighted by Gasteiger charge is -2.38. The van der Waals surface area contributed by atoms with Gasteiger partial charge in [0.1, 0.15) is 11.2 Å². The van der Waals surface area contributed by atoms with Gasteiger partial charge in [0.2, 0.25) is 0 Å². The maximum Gasteiger partial charge on any atom is 0.319 e. The van der Waals surface area contributed by atoms with E-state index in [9.17, 15) is 4.79 Å². The van der Waals surface area contributed by atoms with Gasteiger partial charge in [-0.25, -0.2) is 0 Å². The predicted molar refractivity (Wildman–Crippen MR) is 78.3 cm³/mol. The Kier molecular flexibility index (Phi) is 3.49. The van der Waals surface area contributed by atoms with Crippen molar-refractivity contribution >= 4 is 5.97 Å². The highest BCUT2D eigenvalue weighted by molar-refractivity contribution is 5.83. The molecule has 1 aliphatic rings. The van der Waals surface area contributed by atoms with E-state index >= 15 is 0 Å². The number of esters is 1. The van der Waals surface area contributed by atoms with E-state index in [1.807, 2.05) is 48.7 Å². The third kappa shape index (κ3) is 2.13. The molecule has 0 atom stereocenters. The van der Waals surface area contributed by atoms with Crippen LogP contribution in [0.5, 0.6) is 0 Å². The van der Waals surface area contributed by atoms with Crippen LogP contribution in [0.3, 0.4) is 0 Å². The molecule has 0 spiro atoms. The van der Waals surface area contributed by atoms with E-state index in [1.54, 1.807) is 0 Å². The Hall–Kier alpha value is -2.17. The number of aryl methyl sites for hydroxylation is 1. The summed E-state index contributed by atoms with van der Waals surface area (Å²) in [6.07, 6.45) is 2.56. The van der Waals surface area contributed by atoms with E-state index < -0.39 is 5.41 Å². The number of hydrogen-bond acceptors (Lipinski definition) is 4. The average molecular weight is 285 g/mol. The van der Waals surface area contributed by atoms with Crippen LogP contribution in [0.1, 0.15) is 37.8 Å². The van der Waals surface area contributed by atoms with Crippen LogP contribution in [0, 0.1) is 6.92 Å². The number of hydrogen-bond donors (Lipinski definition) is 0. The van der Waals surface area contributed by atoms with Gasteiger partial charge in [-0.05, 0) is 38.8 Å². The number of ether oxygens (including phenoxy) is 1. The van der Waals surface area contributed by atoms with Crippen LogP contribution in [-0.4, -0.2) is 27.3 Å². The number of rotatable bonds is 4. The topological polar surface area (TPSA) is 57.0 Å². The van der Waals surface area contributed by atoms with Crippen molar-refractivity contribution in [3.63, 3.8) is 0 Å². The Morgan fingerprint density at radius 2 is 2.00 bits per heavy atom. The molecule has 1 aromatic carbocycles. The highest BCUT2D eigenvalue weighted by Gasteiger charge is 2.51. The minimum absolute atomic E-state index is 0.180. The number of carbonyl (C=O) groups is 1. The summed E-state index contributed by atoms with van der Waals surface area (Å²) in [4.78, 5) is 12.4. The fourth-order valence-corrected chi connectivity index (χ4v) is 2.88. The van der Waals surface area contributed by atoms with Crippen LogP contribution in [0.2, 0.25) is 0 Å². The second-order valence-corrected chi connectivity index (χ2v) is 5.40.